The lowest BCUT2D eigenvalue weighted by Gasteiger charge is -2.41. The first-order valence-corrected chi connectivity index (χ1v) is 12.8. The third-order valence-electron chi connectivity index (χ3n) is 7.65. The molecule has 3 aliphatic heterocycles. The Labute approximate surface area is 205 Å². The van der Waals surface area contributed by atoms with E-state index in [4.69, 9.17) is 28.2 Å². The maximum atomic E-state index is 12.6. The Morgan fingerprint density at radius 3 is 2.57 bits per heavy atom. The maximum Gasteiger partial charge on any atom is 0.313 e. The van der Waals surface area contributed by atoms with Gasteiger partial charge >= 0.3 is 5.97 Å². The number of esters is 1. The van der Waals surface area contributed by atoms with Crippen LogP contribution in [-0.4, -0.2) is 81.9 Å². The van der Waals surface area contributed by atoms with Crippen molar-refractivity contribution in [1.29, 1.82) is 0 Å². The number of piperidine rings is 1. The van der Waals surface area contributed by atoms with Gasteiger partial charge < -0.3 is 33.1 Å². The summed E-state index contributed by atoms with van der Waals surface area (Å²) in [5.74, 6) is 1.57. The highest BCUT2D eigenvalue weighted by atomic mass is 16.5. The molecular formula is C26H36N2O7. The molecule has 192 valence electrons. The zero-order valence-corrected chi connectivity index (χ0v) is 20.5. The smallest absolute Gasteiger partial charge is 0.313 e. The van der Waals surface area contributed by atoms with Crippen molar-refractivity contribution in [3.8, 4) is 11.6 Å². The van der Waals surface area contributed by atoms with E-state index in [1.54, 1.807) is 0 Å². The predicted octanol–water partition coefficient (Wildman–Crippen LogP) is 3.45. The second kappa shape index (κ2) is 11.1. The van der Waals surface area contributed by atoms with E-state index in [9.17, 15) is 4.79 Å². The van der Waals surface area contributed by atoms with E-state index >= 15 is 0 Å². The van der Waals surface area contributed by atoms with E-state index in [0.29, 0.717) is 37.2 Å². The minimum atomic E-state index is -0.448. The second-order valence-corrected chi connectivity index (χ2v) is 9.96. The number of hydrogen-bond acceptors (Lipinski definition) is 9. The average molecular weight is 489 g/mol. The molecule has 3 aliphatic rings. The van der Waals surface area contributed by atoms with Gasteiger partial charge in [-0.1, -0.05) is 6.07 Å². The van der Waals surface area contributed by atoms with Crippen LogP contribution in [0.5, 0.6) is 11.6 Å². The molecule has 3 fully saturated rings. The molecule has 0 unspecified atom stereocenters. The van der Waals surface area contributed by atoms with Crippen molar-refractivity contribution in [1.82, 2.24) is 10.1 Å². The van der Waals surface area contributed by atoms with Crippen LogP contribution in [0.4, 0.5) is 0 Å². The van der Waals surface area contributed by atoms with Crippen LogP contribution in [0.3, 0.4) is 0 Å². The monoisotopic (exact) mass is 488 g/mol. The highest BCUT2D eigenvalue weighted by Crippen LogP contribution is 2.37. The van der Waals surface area contributed by atoms with Gasteiger partial charge in [0.05, 0.1) is 32.3 Å². The van der Waals surface area contributed by atoms with E-state index < -0.39 is 5.41 Å². The maximum absolute atomic E-state index is 12.6. The lowest BCUT2D eigenvalue weighted by atomic mass is 9.79. The van der Waals surface area contributed by atoms with Crippen LogP contribution < -0.4 is 9.47 Å². The first-order valence-electron chi connectivity index (χ1n) is 12.8. The van der Waals surface area contributed by atoms with Gasteiger partial charge in [-0.2, -0.15) is 0 Å². The fourth-order valence-corrected chi connectivity index (χ4v) is 5.45. The van der Waals surface area contributed by atoms with E-state index in [-0.39, 0.29) is 12.1 Å². The highest BCUT2D eigenvalue weighted by Gasteiger charge is 2.43. The first kappa shape index (κ1) is 24.3. The number of likely N-dealkylation sites (tertiary alicyclic amines) is 1. The average Bonchev–Trinajstić information content (AvgIpc) is 3.33. The Bertz CT molecular complexity index is 973. The number of carbonyl (C=O) groups is 1. The molecule has 1 aromatic carbocycles. The van der Waals surface area contributed by atoms with Gasteiger partial charge in [-0.3, -0.25) is 4.79 Å². The number of ether oxygens (including phenoxy) is 5. The van der Waals surface area contributed by atoms with Crippen molar-refractivity contribution >= 4 is 16.9 Å². The van der Waals surface area contributed by atoms with Gasteiger partial charge in [-0.05, 0) is 62.0 Å². The third kappa shape index (κ3) is 5.57. The van der Waals surface area contributed by atoms with Crippen LogP contribution in [0.25, 0.3) is 11.0 Å². The SMILES string of the molecule is COC(=O)C1(CN2CCC(COc3noc4cccc(OC5CCOCC5)c34)CC2)CCOCC1. The molecular weight excluding hydrogens is 452 g/mol. The van der Waals surface area contributed by atoms with Crippen LogP contribution in [0.2, 0.25) is 0 Å². The van der Waals surface area contributed by atoms with E-state index in [0.717, 1.165) is 82.5 Å². The van der Waals surface area contributed by atoms with Crippen molar-refractivity contribution in [2.75, 3.05) is 59.8 Å². The summed E-state index contributed by atoms with van der Waals surface area (Å²) in [7, 11) is 1.48. The molecule has 0 aliphatic carbocycles. The summed E-state index contributed by atoms with van der Waals surface area (Å²) in [5, 5.41) is 4.99. The lowest BCUT2D eigenvalue weighted by Crippen LogP contribution is -2.49. The highest BCUT2D eigenvalue weighted by molar-refractivity contribution is 5.88. The minimum absolute atomic E-state index is 0.108. The number of aromatic nitrogens is 1. The van der Waals surface area contributed by atoms with Gasteiger partial charge in [0.1, 0.15) is 17.2 Å². The summed E-state index contributed by atoms with van der Waals surface area (Å²) in [5.41, 5.74) is 0.223. The van der Waals surface area contributed by atoms with Crippen molar-refractivity contribution < 1.29 is 33.0 Å². The lowest BCUT2D eigenvalue weighted by molar-refractivity contribution is -0.160. The van der Waals surface area contributed by atoms with E-state index in [1.165, 1.54) is 7.11 Å². The number of rotatable bonds is 8. The molecule has 2 aromatic rings. The molecule has 5 rings (SSSR count). The number of hydrogen-bond donors (Lipinski definition) is 0. The fourth-order valence-electron chi connectivity index (χ4n) is 5.45. The number of methoxy groups -OCH3 is 1. The Kier molecular flexibility index (Phi) is 7.75. The van der Waals surface area contributed by atoms with E-state index in [2.05, 4.69) is 10.1 Å². The number of nitrogens with zero attached hydrogens (tertiary/aromatic N) is 2. The van der Waals surface area contributed by atoms with Gasteiger partial charge in [-0.15, -0.1) is 0 Å². The van der Waals surface area contributed by atoms with E-state index in [1.807, 2.05) is 18.2 Å². The first-order chi connectivity index (χ1) is 17.2. The van der Waals surface area contributed by atoms with Gasteiger partial charge in [0, 0.05) is 32.6 Å². The van der Waals surface area contributed by atoms with Crippen molar-refractivity contribution in [3.05, 3.63) is 18.2 Å². The van der Waals surface area contributed by atoms with Gasteiger partial charge in [0.2, 0.25) is 0 Å². The Hall–Kier alpha value is -2.36. The molecule has 0 saturated carbocycles. The zero-order chi connectivity index (χ0) is 24.1. The third-order valence-corrected chi connectivity index (χ3v) is 7.65. The van der Waals surface area contributed by atoms with Gasteiger partial charge in [-0.25, -0.2) is 0 Å². The Morgan fingerprint density at radius 1 is 1.09 bits per heavy atom. The summed E-state index contributed by atoms with van der Waals surface area (Å²) in [6, 6.07) is 5.76. The van der Waals surface area contributed by atoms with Crippen LogP contribution in [0.1, 0.15) is 38.5 Å². The van der Waals surface area contributed by atoms with Crippen molar-refractivity contribution in [3.63, 3.8) is 0 Å². The molecule has 1 aromatic heterocycles. The quantitative estimate of drug-likeness (QED) is 0.518. The molecule has 4 heterocycles. The molecule has 0 atom stereocenters. The number of fused-ring (bicyclic) bond motifs is 1. The summed E-state index contributed by atoms with van der Waals surface area (Å²) in [4.78, 5) is 15.0. The molecule has 9 heteroatoms. The Balaban J connectivity index is 1.16. The largest absolute Gasteiger partial charge is 0.489 e. The fraction of sp³-hybridized carbons (Fsp3) is 0.692. The molecule has 0 spiro atoms. The Morgan fingerprint density at radius 2 is 1.83 bits per heavy atom. The summed E-state index contributed by atoms with van der Waals surface area (Å²) >= 11 is 0. The minimum Gasteiger partial charge on any atom is -0.489 e. The van der Waals surface area contributed by atoms with Gasteiger partial charge in [0.15, 0.2) is 5.58 Å². The topological polar surface area (TPSA) is 92.5 Å². The van der Waals surface area contributed by atoms with Crippen molar-refractivity contribution in [2.45, 2.75) is 44.6 Å². The molecule has 3 saturated heterocycles. The number of benzene rings is 1. The molecule has 0 N–H and O–H groups in total. The predicted molar refractivity (Wildman–Crippen MR) is 128 cm³/mol. The zero-order valence-electron chi connectivity index (χ0n) is 20.5. The number of carbonyl (C=O) groups excluding carboxylic acids is 1. The van der Waals surface area contributed by atoms with Crippen LogP contribution in [0.15, 0.2) is 22.7 Å². The van der Waals surface area contributed by atoms with Crippen LogP contribution in [0, 0.1) is 11.3 Å². The summed E-state index contributed by atoms with van der Waals surface area (Å²) < 4.78 is 34.1. The second-order valence-electron chi connectivity index (χ2n) is 9.96. The van der Waals surface area contributed by atoms with Crippen LogP contribution in [-0.2, 0) is 19.0 Å². The molecule has 9 nitrogen and oxygen atoms in total. The standard InChI is InChI=1S/C26H36N2O7/c1-30-25(29)26(9-15-32-16-10-26)18-28-11-5-19(6-12-28)17-33-24-23-21(3-2-4-22(23)35-27-24)34-20-7-13-31-14-8-20/h2-4,19-20H,5-18H2,1H3. The normalized spacial score (nSPS) is 22.2. The molecule has 0 radical (unpaired) electrons. The van der Waals surface area contributed by atoms with Crippen molar-refractivity contribution in [2.24, 2.45) is 11.3 Å². The summed E-state index contributed by atoms with van der Waals surface area (Å²) in [6.07, 6.45) is 5.34. The summed E-state index contributed by atoms with van der Waals surface area (Å²) in [6.45, 7) is 5.86. The van der Waals surface area contributed by atoms with Gasteiger partial charge in [0.25, 0.3) is 5.88 Å². The molecule has 35 heavy (non-hydrogen) atoms. The molecule has 0 bridgehead atoms. The molecule has 0 amide bonds. The van der Waals surface area contributed by atoms with Crippen LogP contribution >= 0.6 is 0 Å².